The fraction of sp³-hybridized carbons (Fsp3) is 0.600. The summed E-state index contributed by atoms with van der Waals surface area (Å²) in [6.07, 6.45) is -1.17. The second kappa shape index (κ2) is 10.7. The van der Waals surface area contributed by atoms with Crippen molar-refractivity contribution in [2.75, 3.05) is 20.3 Å². The highest BCUT2D eigenvalue weighted by Gasteiger charge is 2.54. The van der Waals surface area contributed by atoms with E-state index in [2.05, 4.69) is 10.6 Å². The number of amides is 2. The number of nitrogens with one attached hydrogen (secondary N) is 2. The molecule has 32 heavy (non-hydrogen) atoms. The Morgan fingerprint density at radius 1 is 1.22 bits per heavy atom. The van der Waals surface area contributed by atoms with Gasteiger partial charge in [0.1, 0.15) is 6.04 Å². The third kappa shape index (κ3) is 6.71. The minimum Gasteiger partial charge on any atom is -0.490 e. The van der Waals surface area contributed by atoms with E-state index in [1.807, 2.05) is 27.7 Å². The van der Waals surface area contributed by atoms with E-state index in [0.29, 0.717) is 0 Å². The highest BCUT2D eigenvalue weighted by atomic mass is 35.5. The molecule has 2 rings (SSSR count). The molecule has 0 aromatic heterocycles. The summed E-state index contributed by atoms with van der Waals surface area (Å²) in [6.45, 7) is 7.32. The van der Waals surface area contributed by atoms with Crippen molar-refractivity contribution in [3.63, 3.8) is 0 Å². The summed E-state index contributed by atoms with van der Waals surface area (Å²) in [6, 6.07) is 2.90. The Morgan fingerprint density at radius 3 is 2.38 bits per heavy atom. The molecule has 178 valence electrons. The van der Waals surface area contributed by atoms with Crippen LogP contribution in [0.5, 0.6) is 5.75 Å². The Balaban J connectivity index is 2.13. The summed E-state index contributed by atoms with van der Waals surface area (Å²) in [7, 11) is 0.514. The lowest BCUT2D eigenvalue weighted by atomic mass is 9.76. The fourth-order valence-corrected chi connectivity index (χ4v) is 3.16. The van der Waals surface area contributed by atoms with Gasteiger partial charge in [0.05, 0.1) is 30.4 Å². The van der Waals surface area contributed by atoms with E-state index in [0.717, 1.165) is 6.07 Å². The molecule has 3 N–H and O–H groups in total. The molecule has 1 aromatic rings. The van der Waals surface area contributed by atoms with E-state index < -0.39 is 48.1 Å². The second-order valence-corrected chi connectivity index (χ2v) is 8.85. The number of rotatable bonds is 10. The predicted octanol–water partition coefficient (Wildman–Crippen LogP) is 2.65. The van der Waals surface area contributed by atoms with Crippen molar-refractivity contribution >= 4 is 30.7 Å². The molecule has 12 heteroatoms. The molecule has 1 heterocycles. The quantitative estimate of drug-likeness (QED) is 0.447. The van der Waals surface area contributed by atoms with Crippen LogP contribution in [0.2, 0.25) is 5.02 Å². The number of benzene rings is 1. The van der Waals surface area contributed by atoms with Crippen molar-refractivity contribution in [2.24, 2.45) is 0 Å². The van der Waals surface area contributed by atoms with Crippen molar-refractivity contribution in [3.05, 3.63) is 29.0 Å². The lowest BCUT2D eigenvalue weighted by Crippen LogP contribution is -2.56. The van der Waals surface area contributed by atoms with E-state index >= 15 is 0 Å². The highest BCUT2D eigenvalue weighted by molar-refractivity contribution is 6.48. The minimum absolute atomic E-state index is 0.0122. The largest absolute Gasteiger partial charge is 0.490 e. The number of carbonyl (C=O) groups excluding carboxylic acids is 1. The van der Waals surface area contributed by atoms with Gasteiger partial charge >= 0.3 is 13.2 Å². The van der Waals surface area contributed by atoms with E-state index in [9.17, 15) is 14.0 Å². The van der Waals surface area contributed by atoms with E-state index in [4.69, 9.17) is 35.5 Å². The van der Waals surface area contributed by atoms with Crippen LogP contribution in [-0.4, -0.2) is 67.7 Å². The van der Waals surface area contributed by atoms with Crippen LogP contribution in [0.1, 0.15) is 34.1 Å². The number of carbonyl (C=O) groups is 2. The van der Waals surface area contributed by atoms with Crippen LogP contribution >= 0.6 is 11.6 Å². The van der Waals surface area contributed by atoms with E-state index in [-0.39, 0.29) is 30.4 Å². The molecule has 2 atom stereocenters. The lowest BCUT2D eigenvalue weighted by Gasteiger charge is -2.32. The molecule has 0 bridgehead atoms. The molecule has 0 saturated carbocycles. The zero-order valence-electron chi connectivity index (χ0n) is 18.7. The average Bonchev–Trinajstić information content (AvgIpc) is 2.89. The maximum atomic E-state index is 14.0. The van der Waals surface area contributed by atoms with Gasteiger partial charge in [-0.3, -0.25) is 4.79 Å². The van der Waals surface area contributed by atoms with Gasteiger partial charge in [-0.15, -0.1) is 0 Å². The highest BCUT2D eigenvalue weighted by Crippen LogP contribution is 2.38. The van der Waals surface area contributed by atoms with Crippen molar-refractivity contribution in [1.29, 1.82) is 0 Å². The molecular formula is C20H29BClFN2O7. The number of halogens is 2. The van der Waals surface area contributed by atoms with Crippen molar-refractivity contribution in [1.82, 2.24) is 10.6 Å². The summed E-state index contributed by atoms with van der Waals surface area (Å²) in [5.41, 5.74) is -1.32. The normalized spacial score (nSPS) is 18.7. The number of carboxylic acid groups (broad SMARTS) is 1. The maximum absolute atomic E-state index is 14.0. The Bertz CT molecular complexity index is 811. The van der Waals surface area contributed by atoms with Crippen LogP contribution in [0.15, 0.2) is 18.2 Å². The van der Waals surface area contributed by atoms with Crippen molar-refractivity contribution in [3.8, 4) is 5.75 Å². The van der Waals surface area contributed by atoms with Gasteiger partial charge in [-0.2, -0.15) is 0 Å². The third-order valence-corrected chi connectivity index (χ3v) is 5.69. The zero-order chi connectivity index (χ0) is 24.1. The minimum atomic E-state index is -1.36. The second-order valence-electron chi connectivity index (χ2n) is 8.41. The van der Waals surface area contributed by atoms with Crippen LogP contribution in [-0.2, 0) is 18.8 Å². The number of hydrogen-bond acceptors (Lipinski definition) is 6. The first-order valence-electron chi connectivity index (χ1n) is 10.1. The van der Waals surface area contributed by atoms with Crippen LogP contribution in [0.25, 0.3) is 0 Å². The standard InChI is InChI=1S/C20H29BClFN2O7/c1-19(2)20(3,4)32-21(31-19)16(25-17(26)14(11-29-5)24-18(27)28)8-9-30-15-7-6-12(22)10-13(15)23/h6-7,10,14,16,24H,8-9,11H2,1-5H3,(H,25,26)(H,27,28)/t14?,16-/m1/s1. The molecule has 0 aliphatic carbocycles. The molecule has 1 saturated heterocycles. The third-order valence-electron chi connectivity index (χ3n) is 5.46. The van der Waals surface area contributed by atoms with Gasteiger partial charge < -0.3 is 34.5 Å². The number of hydrogen-bond donors (Lipinski definition) is 3. The first kappa shape index (κ1) is 26.2. The molecule has 9 nitrogen and oxygen atoms in total. The molecule has 0 spiro atoms. The molecule has 1 aliphatic rings. The maximum Gasteiger partial charge on any atom is 0.481 e. The predicted molar refractivity (Wildman–Crippen MR) is 116 cm³/mol. The Labute approximate surface area is 192 Å². The Hall–Kier alpha value is -2.08. The van der Waals surface area contributed by atoms with E-state index in [1.54, 1.807) is 0 Å². The lowest BCUT2D eigenvalue weighted by molar-refractivity contribution is -0.124. The van der Waals surface area contributed by atoms with Gasteiger partial charge in [-0.05, 0) is 45.9 Å². The number of methoxy groups -OCH3 is 1. The van der Waals surface area contributed by atoms with Crippen molar-refractivity contribution < 1.29 is 37.9 Å². The zero-order valence-corrected chi connectivity index (χ0v) is 19.5. The van der Waals surface area contributed by atoms with Crippen LogP contribution < -0.4 is 15.4 Å². The van der Waals surface area contributed by atoms with Crippen LogP contribution in [0, 0.1) is 5.82 Å². The summed E-state index contributed by atoms with van der Waals surface area (Å²) < 4.78 is 36.5. The molecular weight excluding hydrogens is 445 g/mol. The monoisotopic (exact) mass is 474 g/mol. The van der Waals surface area contributed by atoms with Gasteiger partial charge in [0.15, 0.2) is 11.6 Å². The van der Waals surface area contributed by atoms with Gasteiger partial charge in [0.2, 0.25) is 5.91 Å². The molecule has 2 amide bonds. The summed E-state index contributed by atoms with van der Waals surface area (Å²) >= 11 is 5.76. The average molecular weight is 475 g/mol. The summed E-state index contributed by atoms with van der Waals surface area (Å²) in [5.74, 6) is -1.93. The topological polar surface area (TPSA) is 115 Å². The Morgan fingerprint density at radius 2 is 1.84 bits per heavy atom. The SMILES string of the molecule is COCC(NC(=O)O)C(=O)N[C@H](CCOc1ccc(Cl)cc1F)B1OC(C)(C)C(C)(C)O1. The van der Waals surface area contributed by atoms with Crippen molar-refractivity contribution in [2.45, 2.75) is 57.3 Å². The Kier molecular flexibility index (Phi) is 8.75. The molecule has 1 unspecified atom stereocenters. The molecule has 1 fully saturated rings. The molecule has 1 aliphatic heterocycles. The van der Waals surface area contributed by atoms with Gasteiger partial charge in [0, 0.05) is 18.6 Å². The molecule has 1 aromatic carbocycles. The first-order valence-corrected chi connectivity index (χ1v) is 10.5. The van der Waals surface area contributed by atoms with Crippen LogP contribution in [0.4, 0.5) is 9.18 Å². The van der Waals surface area contributed by atoms with Crippen LogP contribution in [0.3, 0.4) is 0 Å². The van der Waals surface area contributed by atoms with Gasteiger partial charge in [-0.25, -0.2) is 9.18 Å². The first-order chi connectivity index (χ1) is 14.9. The summed E-state index contributed by atoms with van der Waals surface area (Å²) in [4.78, 5) is 23.8. The number of ether oxygens (including phenoxy) is 2. The van der Waals surface area contributed by atoms with E-state index in [1.165, 1.54) is 19.2 Å². The van der Waals surface area contributed by atoms with Gasteiger partial charge in [0.25, 0.3) is 0 Å². The smallest absolute Gasteiger partial charge is 0.481 e. The fourth-order valence-electron chi connectivity index (χ4n) is 3.00. The molecule has 0 radical (unpaired) electrons. The van der Waals surface area contributed by atoms with Gasteiger partial charge in [-0.1, -0.05) is 11.6 Å². The summed E-state index contributed by atoms with van der Waals surface area (Å²) in [5, 5.41) is 14.1.